The molecule has 0 aliphatic carbocycles. The number of nitrogens with one attached hydrogen (secondary N) is 1. The summed E-state index contributed by atoms with van der Waals surface area (Å²) in [5.74, 6) is -0.130. The number of carbonyl (C=O) groups is 1. The minimum Gasteiger partial charge on any atom is -0.492 e. The Morgan fingerprint density at radius 3 is 2.75 bits per heavy atom. The Bertz CT molecular complexity index is 899. The zero-order chi connectivity index (χ0) is 17.3. The molecule has 6 nitrogen and oxygen atoms in total. The summed E-state index contributed by atoms with van der Waals surface area (Å²) in [6.45, 7) is 1.83. The second kappa shape index (κ2) is 6.45. The molecular weight excluding hydrogens is 396 g/mol. The van der Waals surface area contributed by atoms with E-state index >= 15 is 0 Å². The Morgan fingerprint density at radius 1 is 1.25 bits per heavy atom. The maximum atomic E-state index is 13.2. The maximum Gasteiger partial charge on any atom is 0.268 e. The molecule has 0 aromatic heterocycles. The molecule has 2 aromatic carbocycles. The highest BCUT2D eigenvalue weighted by molar-refractivity contribution is 9.10. The van der Waals surface area contributed by atoms with E-state index < -0.39 is 10.0 Å². The third-order valence-corrected chi connectivity index (χ3v) is 5.78. The van der Waals surface area contributed by atoms with Crippen LogP contribution in [-0.2, 0) is 14.8 Å². The first-order valence-electron chi connectivity index (χ1n) is 7.27. The van der Waals surface area contributed by atoms with E-state index in [0.717, 1.165) is 4.31 Å². The highest BCUT2D eigenvalue weighted by Gasteiger charge is 2.34. The van der Waals surface area contributed by atoms with E-state index in [9.17, 15) is 13.2 Å². The largest absolute Gasteiger partial charge is 0.492 e. The summed E-state index contributed by atoms with van der Waals surface area (Å²) >= 11 is 3.29. The van der Waals surface area contributed by atoms with Crippen molar-refractivity contribution >= 4 is 43.2 Å². The number of halogens is 1. The normalized spacial score (nSPS) is 14.1. The van der Waals surface area contributed by atoms with Gasteiger partial charge in [-0.1, -0.05) is 28.1 Å². The van der Waals surface area contributed by atoms with Crippen LogP contribution in [-0.4, -0.2) is 27.5 Å². The lowest BCUT2D eigenvalue weighted by atomic mass is 10.2. The van der Waals surface area contributed by atoms with Crippen LogP contribution in [0.1, 0.15) is 6.92 Å². The van der Waals surface area contributed by atoms with Gasteiger partial charge in [0.2, 0.25) is 5.91 Å². The van der Waals surface area contributed by atoms with E-state index in [0.29, 0.717) is 22.5 Å². The van der Waals surface area contributed by atoms with Gasteiger partial charge in [0.25, 0.3) is 10.0 Å². The molecule has 0 fully saturated rings. The number of fused-ring (bicyclic) bond motifs is 1. The van der Waals surface area contributed by atoms with E-state index in [2.05, 4.69) is 21.2 Å². The van der Waals surface area contributed by atoms with Gasteiger partial charge in [-0.3, -0.25) is 9.10 Å². The van der Waals surface area contributed by atoms with Crippen LogP contribution in [0, 0.1) is 0 Å². The van der Waals surface area contributed by atoms with Gasteiger partial charge in [0.1, 0.15) is 17.2 Å². The lowest BCUT2D eigenvalue weighted by molar-refractivity contribution is -0.115. The molecule has 0 bridgehead atoms. The highest BCUT2D eigenvalue weighted by atomic mass is 79.9. The number of hydrogen-bond acceptors (Lipinski definition) is 4. The number of anilines is 2. The molecule has 0 saturated heterocycles. The Hall–Kier alpha value is -2.06. The fourth-order valence-electron chi connectivity index (χ4n) is 2.49. The van der Waals surface area contributed by atoms with Crippen LogP contribution in [0.2, 0.25) is 0 Å². The number of para-hydroxylation sites is 2. The van der Waals surface area contributed by atoms with Crippen molar-refractivity contribution in [2.75, 3.05) is 22.8 Å². The topological polar surface area (TPSA) is 75.7 Å². The summed E-state index contributed by atoms with van der Waals surface area (Å²) in [7, 11) is -3.97. The van der Waals surface area contributed by atoms with Gasteiger partial charge in [-0.25, -0.2) is 8.42 Å². The van der Waals surface area contributed by atoms with E-state index in [1.54, 1.807) is 43.3 Å². The van der Waals surface area contributed by atoms with Crippen molar-refractivity contribution in [2.45, 2.75) is 11.8 Å². The van der Waals surface area contributed by atoms with Gasteiger partial charge in [-0.15, -0.1) is 0 Å². The van der Waals surface area contributed by atoms with Gasteiger partial charge in [0.05, 0.1) is 18.0 Å². The third-order valence-electron chi connectivity index (χ3n) is 3.51. The molecule has 0 radical (unpaired) electrons. The molecule has 1 N–H and O–H groups in total. The minimum atomic E-state index is -3.97. The maximum absolute atomic E-state index is 13.2. The lowest BCUT2D eigenvalue weighted by Crippen LogP contribution is -2.42. The second-order valence-corrected chi connectivity index (χ2v) is 7.85. The number of ether oxygens (including phenoxy) is 1. The fraction of sp³-hybridized carbons (Fsp3) is 0.188. The summed E-state index contributed by atoms with van der Waals surface area (Å²) in [4.78, 5) is 12.0. The number of sulfonamides is 1. The quantitative estimate of drug-likeness (QED) is 0.840. The van der Waals surface area contributed by atoms with E-state index in [-0.39, 0.29) is 23.1 Å². The van der Waals surface area contributed by atoms with Gasteiger partial charge in [-0.05, 0) is 37.3 Å². The molecule has 0 atom stereocenters. The van der Waals surface area contributed by atoms with E-state index in [1.165, 1.54) is 6.07 Å². The van der Waals surface area contributed by atoms with Gasteiger partial charge in [0.15, 0.2) is 0 Å². The molecule has 8 heteroatoms. The van der Waals surface area contributed by atoms with Crippen molar-refractivity contribution in [3.05, 3.63) is 46.9 Å². The molecule has 1 aliphatic rings. The molecule has 1 aliphatic heterocycles. The van der Waals surface area contributed by atoms with Crippen LogP contribution in [0.25, 0.3) is 0 Å². The molecule has 24 heavy (non-hydrogen) atoms. The molecule has 0 spiro atoms. The average molecular weight is 411 g/mol. The van der Waals surface area contributed by atoms with Crippen LogP contribution in [0.15, 0.2) is 51.8 Å². The first kappa shape index (κ1) is 16.8. The van der Waals surface area contributed by atoms with Crippen LogP contribution < -0.4 is 14.4 Å². The molecule has 0 unspecified atom stereocenters. The van der Waals surface area contributed by atoms with Crippen LogP contribution in [0.5, 0.6) is 5.75 Å². The number of nitrogens with zero attached hydrogens (tertiary/aromatic N) is 1. The molecule has 1 amide bonds. The van der Waals surface area contributed by atoms with Crippen molar-refractivity contribution in [3.63, 3.8) is 0 Å². The number of hydrogen-bond donors (Lipinski definition) is 1. The zero-order valence-corrected chi connectivity index (χ0v) is 15.2. The Morgan fingerprint density at radius 2 is 2.00 bits per heavy atom. The zero-order valence-electron chi connectivity index (χ0n) is 12.8. The lowest BCUT2D eigenvalue weighted by Gasteiger charge is -2.30. The van der Waals surface area contributed by atoms with Gasteiger partial charge in [-0.2, -0.15) is 0 Å². The molecule has 126 valence electrons. The smallest absolute Gasteiger partial charge is 0.268 e. The van der Waals surface area contributed by atoms with Gasteiger partial charge in [0, 0.05) is 4.47 Å². The molecule has 3 rings (SSSR count). The van der Waals surface area contributed by atoms with Crippen LogP contribution >= 0.6 is 15.9 Å². The summed E-state index contributed by atoms with van der Waals surface area (Å²) < 4.78 is 33.5. The van der Waals surface area contributed by atoms with Crippen molar-refractivity contribution < 1.29 is 17.9 Å². The van der Waals surface area contributed by atoms with Crippen molar-refractivity contribution in [1.82, 2.24) is 0 Å². The predicted molar refractivity (Wildman–Crippen MR) is 94.9 cm³/mol. The van der Waals surface area contributed by atoms with Gasteiger partial charge < -0.3 is 10.1 Å². The van der Waals surface area contributed by atoms with Crippen molar-refractivity contribution in [2.24, 2.45) is 0 Å². The summed E-state index contributed by atoms with van der Waals surface area (Å²) in [6.07, 6.45) is 0. The Labute approximate surface area is 148 Å². The minimum absolute atomic E-state index is 0.0169. The standard InChI is InChI=1S/C16H15BrN2O4S/c1-2-23-14-8-7-11(17)9-15(14)24(21,22)19-10-16(20)18-12-5-3-4-6-13(12)19/h3-9H,2,10H2,1H3,(H,18,20). The SMILES string of the molecule is CCOc1ccc(Br)cc1S(=O)(=O)N1CC(=O)Nc2ccccc21. The Balaban J connectivity index is 2.16. The van der Waals surface area contributed by atoms with Gasteiger partial charge >= 0.3 is 0 Å². The number of carbonyl (C=O) groups excluding carboxylic acids is 1. The number of amides is 1. The van der Waals surface area contributed by atoms with Crippen LogP contribution in [0.4, 0.5) is 11.4 Å². The van der Waals surface area contributed by atoms with E-state index in [1.807, 2.05) is 0 Å². The van der Waals surface area contributed by atoms with E-state index in [4.69, 9.17) is 4.74 Å². The summed E-state index contributed by atoms with van der Waals surface area (Å²) in [6, 6.07) is 11.6. The summed E-state index contributed by atoms with van der Waals surface area (Å²) in [5.41, 5.74) is 0.893. The first-order valence-corrected chi connectivity index (χ1v) is 9.50. The monoisotopic (exact) mass is 410 g/mol. The second-order valence-electron chi connectivity index (χ2n) is 5.10. The molecule has 2 aromatic rings. The molecule has 0 saturated carbocycles. The number of benzene rings is 2. The van der Waals surface area contributed by atoms with Crippen LogP contribution in [0.3, 0.4) is 0 Å². The Kier molecular flexibility index (Phi) is 4.51. The molecule has 1 heterocycles. The third kappa shape index (κ3) is 2.99. The summed E-state index contributed by atoms with van der Waals surface area (Å²) in [5, 5.41) is 2.68. The molecular formula is C16H15BrN2O4S. The fourth-order valence-corrected chi connectivity index (χ4v) is 4.61. The number of rotatable bonds is 4. The van der Waals surface area contributed by atoms with Crippen molar-refractivity contribution in [3.8, 4) is 5.75 Å². The highest BCUT2D eigenvalue weighted by Crippen LogP contribution is 2.36. The van der Waals surface area contributed by atoms with Crippen molar-refractivity contribution in [1.29, 1.82) is 0 Å². The predicted octanol–water partition coefficient (Wildman–Crippen LogP) is 3.00. The average Bonchev–Trinajstić information content (AvgIpc) is 2.55. The first-order chi connectivity index (χ1) is 11.4.